The van der Waals surface area contributed by atoms with Crippen LogP contribution in [0, 0.1) is 13.8 Å². The van der Waals surface area contributed by atoms with Crippen LogP contribution in [0.2, 0.25) is 0 Å². The molecule has 0 heterocycles. The zero-order chi connectivity index (χ0) is 26.2. The molecule has 0 saturated heterocycles. The fourth-order valence-corrected chi connectivity index (χ4v) is 4.43. The van der Waals surface area contributed by atoms with Gasteiger partial charge in [0, 0.05) is 28.0 Å². The molecule has 1 atom stereocenters. The van der Waals surface area contributed by atoms with Crippen LogP contribution in [0.1, 0.15) is 36.1 Å². The van der Waals surface area contributed by atoms with Gasteiger partial charge in [-0.25, -0.2) is 0 Å². The first-order valence-corrected chi connectivity index (χ1v) is 13.5. The lowest BCUT2D eigenvalue weighted by Gasteiger charge is -2.32. The normalized spacial score (nSPS) is 11.8. The summed E-state index contributed by atoms with van der Waals surface area (Å²) < 4.78 is 7.90. The van der Waals surface area contributed by atoms with Crippen molar-refractivity contribution in [3.05, 3.63) is 97.9 Å². The predicted octanol–water partition coefficient (Wildman–Crippen LogP) is 6.37. The number of ether oxygens (including phenoxy) is 1. The molecule has 36 heavy (non-hydrogen) atoms. The summed E-state index contributed by atoms with van der Waals surface area (Å²) in [7, 11) is 0. The van der Waals surface area contributed by atoms with Crippen molar-refractivity contribution in [3.63, 3.8) is 0 Å². The lowest BCUT2D eigenvalue weighted by molar-refractivity contribution is -0.143. The number of carbonyl (C=O) groups excluding carboxylic acids is 2. The zero-order valence-corrected chi connectivity index (χ0v) is 24.2. The first-order valence-electron chi connectivity index (χ1n) is 11.9. The summed E-state index contributed by atoms with van der Waals surface area (Å²) in [4.78, 5) is 28.7. The Bertz CT molecular complexity index is 1160. The van der Waals surface area contributed by atoms with Gasteiger partial charge >= 0.3 is 0 Å². The number of carbonyl (C=O) groups is 2. The fraction of sp³-hybridized carbons (Fsp3) is 0.310. The van der Waals surface area contributed by atoms with E-state index in [-0.39, 0.29) is 31.0 Å². The average molecular weight is 616 g/mol. The molecule has 0 radical (unpaired) electrons. The third-order valence-electron chi connectivity index (χ3n) is 5.74. The van der Waals surface area contributed by atoms with Crippen LogP contribution in [0.25, 0.3) is 0 Å². The Morgan fingerprint density at radius 3 is 2.11 bits per heavy atom. The van der Waals surface area contributed by atoms with E-state index in [2.05, 4.69) is 37.2 Å². The largest absolute Gasteiger partial charge is 0.484 e. The number of nitrogens with zero attached hydrogens (tertiary/aromatic N) is 1. The van der Waals surface area contributed by atoms with E-state index >= 15 is 0 Å². The highest BCUT2D eigenvalue weighted by molar-refractivity contribution is 9.10. The molecular formula is C29H32Br2N2O3. The van der Waals surface area contributed by atoms with E-state index in [0.717, 1.165) is 31.2 Å². The van der Waals surface area contributed by atoms with Crippen LogP contribution in [-0.4, -0.2) is 35.4 Å². The number of rotatable bonds is 10. The van der Waals surface area contributed by atoms with Gasteiger partial charge in [0.2, 0.25) is 5.91 Å². The molecule has 5 nitrogen and oxygen atoms in total. The number of nitrogens with one attached hydrogen (secondary N) is 1. The van der Waals surface area contributed by atoms with Crippen LogP contribution in [-0.2, 0) is 22.6 Å². The lowest BCUT2D eigenvalue weighted by atomic mass is 10.0. The van der Waals surface area contributed by atoms with Crippen molar-refractivity contribution >= 4 is 43.7 Å². The minimum absolute atomic E-state index is 0.0506. The smallest absolute Gasteiger partial charge is 0.261 e. The van der Waals surface area contributed by atoms with Crippen LogP contribution in [0.4, 0.5) is 0 Å². The van der Waals surface area contributed by atoms with Crippen molar-refractivity contribution in [2.24, 2.45) is 0 Å². The minimum Gasteiger partial charge on any atom is -0.484 e. The summed E-state index contributed by atoms with van der Waals surface area (Å²) in [5.74, 6) is 0.182. The number of aryl methyl sites for hydroxylation is 2. The Hall–Kier alpha value is -2.64. The van der Waals surface area contributed by atoms with Crippen LogP contribution < -0.4 is 10.1 Å². The van der Waals surface area contributed by atoms with Crippen molar-refractivity contribution in [2.45, 2.75) is 52.7 Å². The SMILES string of the molecule is Cc1cc(OCC(=O)N(Cc2ccc(Br)cc2)[C@@H](Cc2ccccc2)C(=O)NC(C)C)cc(C)c1Br. The Balaban J connectivity index is 1.91. The number of hydrogen-bond donors (Lipinski definition) is 1. The van der Waals surface area contributed by atoms with E-state index in [9.17, 15) is 9.59 Å². The van der Waals surface area contributed by atoms with Crippen molar-refractivity contribution in [1.29, 1.82) is 0 Å². The molecule has 0 fully saturated rings. The van der Waals surface area contributed by atoms with Crippen molar-refractivity contribution in [3.8, 4) is 5.75 Å². The number of hydrogen-bond acceptors (Lipinski definition) is 3. The number of benzene rings is 3. The van der Waals surface area contributed by atoms with E-state index in [1.165, 1.54) is 0 Å². The second-order valence-electron chi connectivity index (χ2n) is 9.18. The molecule has 3 rings (SSSR count). The highest BCUT2D eigenvalue weighted by Crippen LogP contribution is 2.26. The summed E-state index contributed by atoms with van der Waals surface area (Å²) in [5.41, 5.74) is 3.97. The molecule has 3 aromatic carbocycles. The van der Waals surface area contributed by atoms with E-state index < -0.39 is 6.04 Å². The zero-order valence-electron chi connectivity index (χ0n) is 21.1. The molecule has 2 amide bonds. The summed E-state index contributed by atoms with van der Waals surface area (Å²) >= 11 is 7.03. The van der Waals surface area contributed by atoms with Gasteiger partial charge in [-0.05, 0) is 74.2 Å². The second-order valence-corrected chi connectivity index (χ2v) is 10.9. The molecular weight excluding hydrogens is 584 g/mol. The van der Waals surface area contributed by atoms with Crippen LogP contribution in [0.15, 0.2) is 75.7 Å². The quantitative estimate of drug-likeness (QED) is 0.288. The van der Waals surface area contributed by atoms with Crippen LogP contribution in [0.5, 0.6) is 5.75 Å². The molecule has 0 saturated carbocycles. The minimum atomic E-state index is -0.692. The molecule has 0 unspecified atom stereocenters. The monoisotopic (exact) mass is 614 g/mol. The van der Waals surface area contributed by atoms with Gasteiger partial charge in [-0.15, -0.1) is 0 Å². The van der Waals surface area contributed by atoms with E-state index in [4.69, 9.17) is 4.74 Å². The van der Waals surface area contributed by atoms with Gasteiger partial charge in [-0.2, -0.15) is 0 Å². The molecule has 0 aliphatic rings. The molecule has 0 aliphatic carbocycles. The maximum Gasteiger partial charge on any atom is 0.261 e. The van der Waals surface area contributed by atoms with Gasteiger partial charge in [0.15, 0.2) is 6.61 Å². The maximum absolute atomic E-state index is 13.6. The second kappa shape index (κ2) is 13.1. The Kier molecular flexibility index (Phi) is 10.1. The van der Waals surface area contributed by atoms with Gasteiger partial charge < -0.3 is 15.0 Å². The third-order valence-corrected chi connectivity index (χ3v) is 7.52. The fourth-order valence-electron chi connectivity index (χ4n) is 3.94. The molecule has 0 aliphatic heterocycles. The lowest BCUT2D eigenvalue weighted by Crippen LogP contribution is -2.52. The Labute approximate surface area is 230 Å². The van der Waals surface area contributed by atoms with Gasteiger partial charge in [0.05, 0.1) is 0 Å². The highest BCUT2D eigenvalue weighted by atomic mass is 79.9. The summed E-state index contributed by atoms with van der Waals surface area (Å²) in [6, 6.07) is 20.6. The first-order chi connectivity index (χ1) is 17.1. The summed E-state index contributed by atoms with van der Waals surface area (Å²) in [5, 5.41) is 3.00. The highest BCUT2D eigenvalue weighted by Gasteiger charge is 2.31. The number of amides is 2. The topological polar surface area (TPSA) is 58.6 Å². The van der Waals surface area contributed by atoms with Gasteiger partial charge in [-0.3, -0.25) is 9.59 Å². The molecule has 7 heteroatoms. The number of halogens is 2. The van der Waals surface area contributed by atoms with Crippen LogP contribution >= 0.6 is 31.9 Å². The molecule has 0 aromatic heterocycles. The molecule has 0 bridgehead atoms. The van der Waals surface area contributed by atoms with Crippen molar-refractivity contribution in [1.82, 2.24) is 10.2 Å². The first kappa shape index (κ1) is 27.9. The average Bonchev–Trinajstić information content (AvgIpc) is 2.84. The summed E-state index contributed by atoms with van der Waals surface area (Å²) in [6.45, 7) is 7.92. The standard InChI is InChI=1S/C29H32Br2N2O3/c1-19(2)32-29(35)26(16-22-8-6-5-7-9-22)33(17-23-10-12-24(30)13-11-23)27(34)18-36-25-14-20(3)28(31)21(4)15-25/h5-15,19,26H,16-18H2,1-4H3,(H,32,35)/t26-/m0/s1. The van der Waals surface area contributed by atoms with E-state index in [1.54, 1.807) is 4.90 Å². The Morgan fingerprint density at radius 1 is 0.917 bits per heavy atom. The summed E-state index contributed by atoms with van der Waals surface area (Å²) in [6.07, 6.45) is 0.401. The maximum atomic E-state index is 13.6. The van der Waals surface area contributed by atoms with E-state index in [0.29, 0.717) is 12.2 Å². The molecule has 3 aromatic rings. The predicted molar refractivity (Wildman–Crippen MR) is 151 cm³/mol. The van der Waals surface area contributed by atoms with Gasteiger partial charge in [0.1, 0.15) is 11.8 Å². The van der Waals surface area contributed by atoms with Gasteiger partial charge in [-0.1, -0.05) is 74.3 Å². The molecule has 0 spiro atoms. The van der Waals surface area contributed by atoms with Crippen molar-refractivity contribution in [2.75, 3.05) is 6.61 Å². The third kappa shape index (κ3) is 7.93. The molecule has 190 valence electrons. The Morgan fingerprint density at radius 2 is 1.53 bits per heavy atom. The van der Waals surface area contributed by atoms with Gasteiger partial charge in [0.25, 0.3) is 5.91 Å². The van der Waals surface area contributed by atoms with Crippen molar-refractivity contribution < 1.29 is 14.3 Å². The van der Waals surface area contributed by atoms with E-state index in [1.807, 2.05) is 94.4 Å². The molecule has 1 N–H and O–H groups in total. The van der Waals surface area contributed by atoms with Crippen LogP contribution in [0.3, 0.4) is 0 Å².